The molecule has 1 aliphatic carbocycles. The topological polar surface area (TPSA) is 105 Å². The third kappa shape index (κ3) is 4.09. The average molecular weight is 470 g/mol. The zero-order chi connectivity index (χ0) is 23.5. The molecule has 34 heavy (non-hydrogen) atoms. The predicted molar refractivity (Wildman–Crippen MR) is 130 cm³/mol. The van der Waals surface area contributed by atoms with Crippen molar-refractivity contribution < 1.29 is 0 Å². The number of aromatic amines is 1. The smallest absolute Gasteiger partial charge is 0.305 e. The van der Waals surface area contributed by atoms with Gasteiger partial charge in [0, 0.05) is 12.2 Å². The second kappa shape index (κ2) is 9.33. The molecule has 8 nitrogen and oxygen atoms in total. The minimum absolute atomic E-state index is 0.0604. The largest absolute Gasteiger partial charge is 0.326 e. The van der Waals surface area contributed by atoms with Crippen molar-refractivity contribution >= 4 is 22.6 Å². The molecule has 3 aromatic heterocycles. The molecule has 0 spiro atoms. The van der Waals surface area contributed by atoms with Crippen molar-refractivity contribution in [2.24, 2.45) is 0 Å². The van der Waals surface area contributed by atoms with Gasteiger partial charge in [0.05, 0.1) is 33.4 Å². The third-order valence-electron chi connectivity index (χ3n) is 5.84. The van der Waals surface area contributed by atoms with Gasteiger partial charge in [-0.1, -0.05) is 29.8 Å². The van der Waals surface area contributed by atoms with E-state index in [1.165, 1.54) is 6.42 Å². The maximum atomic E-state index is 11.8. The summed E-state index contributed by atoms with van der Waals surface area (Å²) in [6, 6.07) is 21.0. The first-order valence-electron chi connectivity index (χ1n) is 10.9. The van der Waals surface area contributed by atoms with Crippen molar-refractivity contribution in [2.45, 2.75) is 25.3 Å². The molecule has 0 saturated heterocycles. The Balaban J connectivity index is 0.000000142. The van der Waals surface area contributed by atoms with Crippen LogP contribution in [0.25, 0.3) is 28.2 Å². The van der Waals surface area contributed by atoms with Gasteiger partial charge in [0.1, 0.15) is 12.0 Å². The molecule has 0 amide bonds. The van der Waals surface area contributed by atoms with Crippen LogP contribution in [-0.2, 0) is 0 Å². The summed E-state index contributed by atoms with van der Waals surface area (Å²) in [6.07, 6.45) is 6.70. The van der Waals surface area contributed by atoms with Crippen LogP contribution in [0.15, 0.2) is 78.0 Å². The van der Waals surface area contributed by atoms with Gasteiger partial charge in [-0.05, 0) is 61.7 Å². The number of H-pyrrole nitrogens is 1. The fourth-order valence-corrected chi connectivity index (χ4v) is 4.16. The van der Waals surface area contributed by atoms with E-state index in [4.69, 9.17) is 16.9 Å². The summed E-state index contributed by atoms with van der Waals surface area (Å²) in [5.74, 6) is 0.670. The highest BCUT2D eigenvalue weighted by atomic mass is 35.5. The van der Waals surface area contributed by atoms with E-state index in [-0.39, 0.29) is 5.69 Å². The maximum Gasteiger partial charge on any atom is 0.326 e. The monoisotopic (exact) mass is 469 g/mol. The number of fused-ring (bicyclic) bond motifs is 1. The quantitative estimate of drug-likeness (QED) is 0.404. The van der Waals surface area contributed by atoms with Crippen molar-refractivity contribution in [3.8, 4) is 23.3 Å². The van der Waals surface area contributed by atoms with Crippen LogP contribution in [-0.4, -0.2) is 29.3 Å². The van der Waals surface area contributed by atoms with Crippen molar-refractivity contribution in [3.05, 3.63) is 94.3 Å². The second-order valence-corrected chi connectivity index (χ2v) is 8.33. The fourth-order valence-electron chi connectivity index (χ4n) is 3.94. The Morgan fingerprint density at radius 3 is 2.62 bits per heavy atom. The molecule has 1 fully saturated rings. The SMILES string of the molecule is Clc1ccccc1-n1cnnc1-c1ccccn1.N#Cc1ccc2c(c1)[nH]c(=O)n2C1CCC1. The second-order valence-electron chi connectivity index (χ2n) is 7.92. The molecule has 6 rings (SSSR count). The number of pyridine rings is 1. The highest BCUT2D eigenvalue weighted by Gasteiger charge is 2.23. The zero-order valence-electron chi connectivity index (χ0n) is 18.1. The van der Waals surface area contributed by atoms with Gasteiger partial charge in [-0.2, -0.15) is 5.26 Å². The molecule has 5 aromatic rings. The van der Waals surface area contributed by atoms with Gasteiger partial charge in [0.25, 0.3) is 0 Å². The molecule has 0 radical (unpaired) electrons. The normalized spacial score (nSPS) is 13.1. The molecule has 1 N–H and O–H groups in total. The van der Waals surface area contributed by atoms with Crippen LogP contribution in [0.5, 0.6) is 0 Å². The number of hydrogen-bond acceptors (Lipinski definition) is 5. The number of nitrogens with zero attached hydrogens (tertiary/aromatic N) is 6. The highest BCUT2D eigenvalue weighted by molar-refractivity contribution is 6.32. The molecule has 2 aromatic carbocycles. The summed E-state index contributed by atoms with van der Waals surface area (Å²) in [7, 11) is 0. The standard InChI is InChI=1S/C13H9ClN4.C12H11N3O/c14-10-5-1-2-7-12(10)18-9-16-17-13(18)11-6-3-4-8-15-11;13-7-8-4-5-11-10(6-8)14-12(16)15(11)9-2-1-3-9/h1-9H;4-6,9H,1-3H2,(H,14,16). The molecule has 0 atom stereocenters. The van der Waals surface area contributed by atoms with Crippen molar-refractivity contribution in [1.82, 2.24) is 29.3 Å². The lowest BCUT2D eigenvalue weighted by atomic mass is 9.93. The number of nitrogens with one attached hydrogen (secondary N) is 1. The van der Waals surface area contributed by atoms with E-state index in [1.807, 2.05) is 57.7 Å². The Bertz CT molecular complexity index is 1540. The van der Waals surface area contributed by atoms with Crippen LogP contribution < -0.4 is 5.69 Å². The summed E-state index contributed by atoms with van der Waals surface area (Å²) in [4.78, 5) is 18.9. The van der Waals surface area contributed by atoms with Crippen LogP contribution in [0.1, 0.15) is 30.9 Å². The summed E-state index contributed by atoms with van der Waals surface area (Å²) in [6.45, 7) is 0. The van der Waals surface area contributed by atoms with Crippen LogP contribution in [0.2, 0.25) is 5.02 Å². The molecule has 9 heteroatoms. The molecule has 1 aliphatic rings. The lowest BCUT2D eigenvalue weighted by molar-refractivity contribution is 0.314. The van der Waals surface area contributed by atoms with Crippen LogP contribution in [0.3, 0.4) is 0 Å². The Kier molecular flexibility index (Phi) is 5.93. The van der Waals surface area contributed by atoms with Gasteiger partial charge in [0.15, 0.2) is 5.82 Å². The number of para-hydroxylation sites is 1. The van der Waals surface area contributed by atoms with Crippen molar-refractivity contribution in [1.29, 1.82) is 5.26 Å². The summed E-state index contributed by atoms with van der Waals surface area (Å²) < 4.78 is 3.64. The van der Waals surface area contributed by atoms with Gasteiger partial charge >= 0.3 is 5.69 Å². The van der Waals surface area contributed by atoms with Gasteiger partial charge in [-0.3, -0.25) is 14.1 Å². The van der Waals surface area contributed by atoms with Gasteiger partial charge in [-0.15, -0.1) is 10.2 Å². The summed E-state index contributed by atoms with van der Waals surface area (Å²) in [5.41, 5.74) is 3.79. The van der Waals surface area contributed by atoms with E-state index in [1.54, 1.807) is 24.7 Å². The maximum absolute atomic E-state index is 11.8. The van der Waals surface area contributed by atoms with Gasteiger partial charge < -0.3 is 4.98 Å². The van der Waals surface area contributed by atoms with Crippen molar-refractivity contribution in [2.75, 3.05) is 0 Å². The molecule has 0 bridgehead atoms. The van der Waals surface area contributed by atoms with E-state index < -0.39 is 0 Å². The summed E-state index contributed by atoms with van der Waals surface area (Å²) in [5, 5.41) is 17.5. The predicted octanol–water partition coefficient (Wildman–Crippen LogP) is 4.91. The number of imidazole rings is 1. The first-order chi connectivity index (χ1) is 16.7. The van der Waals surface area contributed by atoms with Crippen LogP contribution >= 0.6 is 11.6 Å². The Morgan fingerprint density at radius 1 is 1.09 bits per heavy atom. The molecular formula is C25H20ClN7O. The van der Waals surface area contributed by atoms with Crippen molar-refractivity contribution in [3.63, 3.8) is 0 Å². The lowest BCUT2D eigenvalue weighted by Gasteiger charge is -2.26. The Morgan fingerprint density at radius 2 is 1.91 bits per heavy atom. The number of nitriles is 1. The number of halogens is 1. The first kappa shape index (κ1) is 21.6. The molecular weight excluding hydrogens is 450 g/mol. The van der Waals surface area contributed by atoms with E-state index in [0.717, 1.165) is 35.3 Å². The van der Waals surface area contributed by atoms with E-state index in [0.29, 0.717) is 22.5 Å². The zero-order valence-corrected chi connectivity index (χ0v) is 18.9. The fraction of sp³-hybridized carbons (Fsp3) is 0.160. The molecule has 3 heterocycles. The molecule has 0 aliphatic heterocycles. The van der Waals surface area contributed by atoms with Crippen LogP contribution in [0, 0.1) is 11.3 Å². The molecule has 0 unspecified atom stereocenters. The average Bonchev–Trinajstić information content (AvgIpc) is 3.44. The Labute approximate surface area is 200 Å². The third-order valence-corrected chi connectivity index (χ3v) is 6.16. The van der Waals surface area contributed by atoms with E-state index >= 15 is 0 Å². The lowest BCUT2D eigenvalue weighted by Crippen LogP contribution is -2.26. The molecule has 1 saturated carbocycles. The van der Waals surface area contributed by atoms with Gasteiger partial charge in [0.2, 0.25) is 0 Å². The number of hydrogen-bond donors (Lipinski definition) is 1. The highest BCUT2D eigenvalue weighted by Crippen LogP contribution is 2.32. The number of aromatic nitrogens is 6. The first-order valence-corrected chi connectivity index (χ1v) is 11.2. The van der Waals surface area contributed by atoms with Crippen LogP contribution in [0.4, 0.5) is 0 Å². The Hall–Kier alpha value is -4.22. The van der Waals surface area contributed by atoms with E-state index in [9.17, 15) is 4.79 Å². The van der Waals surface area contributed by atoms with Gasteiger partial charge in [-0.25, -0.2) is 4.79 Å². The molecule has 168 valence electrons. The minimum Gasteiger partial charge on any atom is -0.305 e. The number of rotatable bonds is 3. The van der Waals surface area contributed by atoms with E-state index in [2.05, 4.69) is 26.2 Å². The minimum atomic E-state index is -0.0604. The number of benzene rings is 2. The summed E-state index contributed by atoms with van der Waals surface area (Å²) >= 11 is 6.18.